The Morgan fingerprint density at radius 1 is 1.38 bits per heavy atom. The van der Waals surface area contributed by atoms with Crippen molar-refractivity contribution in [3.8, 4) is 0 Å². The van der Waals surface area contributed by atoms with E-state index < -0.39 is 0 Å². The number of likely N-dealkylation sites (N-methyl/N-ethyl adjacent to an activating group) is 2. The predicted octanol–water partition coefficient (Wildman–Crippen LogP) is 1.71. The van der Waals surface area contributed by atoms with Gasteiger partial charge < -0.3 is 10.2 Å². The van der Waals surface area contributed by atoms with Gasteiger partial charge in [-0.3, -0.25) is 0 Å². The quantitative estimate of drug-likeness (QED) is 0.718. The zero-order valence-corrected chi connectivity index (χ0v) is 9.72. The van der Waals surface area contributed by atoms with Gasteiger partial charge in [0.2, 0.25) is 0 Å². The van der Waals surface area contributed by atoms with E-state index in [0.29, 0.717) is 11.5 Å². The number of hydrogen-bond donors (Lipinski definition) is 1. The standard InChI is InChI=1S/C11H24N2/c1-6-12-10-9(13(4)5)7-8-11(10,2)3/h9-10,12H,6-8H2,1-5H3. The lowest BCUT2D eigenvalue weighted by molar-refractivity contribution is 0.197. The largest absolute Gasteiger partial charge is 0.312 e. The van der Waals surface area contributed by atoms with Gasteiger partial charge in [-0.15, -0.1) is 0 Å². The van der Waals surface area contributed by atoms with E-state index in [2.05, 4.69) is 45.1 Å². The fourth-order valence-corrected chi connectivity index (χ4v) is 2.55. The first-order valence-electron chi connectivity index (χ1n) is 5.39. The first kappa shape index (κ1) is 11.0. The van der Waals surface area contributed by atoms with Gasteiger partial charge in [-0.1, -0.05) is 20.8 Å². The molecule has 1 saturated carbocycles. The minimum atomic E-state index is 0.463. The average Bonchev–Trinajstić information content (AvgIpc) is 2.29. The summed E-state index contributed by atoms with van der Waals surface area (Å²) >= 11 is 0. The van der Waals surface area contributed by atoms with Crippen molar-refractivity contribution in [1.82, 2.24) is 10.2 Å². The monoisotopic (exact) mass is 184 g/mol. The molecular weight excluding hydrogens is 160 g/mol. The number of hydrogen-bond acceptors (Lipinski definition) is 2. The second-order valence-corrected chi connectivity index (χ2v) is 5.09. The summed E-state index contributed by atoms with van der Waals surface area (Å²) < 4.78 is 0. The molecule has 1 rings (SSSR count). The Bertz CT molecular complexity index is 163. The average molecular weight is 184 g/mol. The summed E-state index contributed by atoms with van der Waals surface area (Å²) in [5.41, 5.74) is 0.463. The molecule has 0 aliphatic heterocycles. The minimum Gasteiger partial charge on any atom is -0.312 e. The van der Waals surface area contributed by atoms with Gasteiger partial charge in [0.15, 0.2) is 0 Å². The van der Waals surface area contributed by atoms with Crippen LogP contribution in [0.1, 0.15) is 33.6 Å². The highest BCUT2D eigenvalue weighted by molar-refractivity contribution is 4.99. The van der Waals surface area contributed by atoms with E-state index in [1.54, 1.807) is 0 Å². The van der Waals surface area contributed by atoms with Crippen LogP contribution in [-0.4, -0.2) is 37.6 Å². The topological polar surface area (TPSA) is 15.3 Å². The molecule has 2 atom stereocenters. The molecule has 0 bridgehead atoms. The third-order valence-electron chi connectivity index (χ3n) is 3.40. The van der Waals surface area contributed by atoms with Crippen LogP contribution in [0.4, 0.5) is 0 Å². The van der Waals surface area contributed by atoms with Crippen molar-refractivity contribution in [3.63, 3.8) is 0 Å². The summed E-state index contributed by atoms with van der Waals surface area (Å²) in [6.07, 6.45) is 2.67. The van der Waals surface area contributed by atoms with Crippen LogP contribution < -0.4 is 5.32 Å². The van der Waals surface area contributed by atoms with Crippen LogP contribution in [0.25, 0.3) is 0 Å². The van der Waals surface area contributed by atoms with Gasteiger partial charge in [0.1, 0.15) is 0 Å². The molecule has 2 unspecified atom stereocenters. The van der Waals surface area contributed by atoms with Gasteiger partial charge in [-0.05, 0) is 38.9 Å². The Morgan fingerprint density at radius 2 is 2.00 bits per heavy atom. The minimum absolute atomic E-state index is 0.463. The summed E-state index contributed by atoms with van der Waals surface area (Å²) in [6, 6.07) is 1.38. The molecule has 1 aliphatic carbocycles. The molecule has 0 aromatic carbocycles. The van der Waals surface area contributed by atoms with Crippen LogP contribution in [0.5, 0.6) is 0 Å². The Balaban J connectivity index is 2.67. The Morgan fingerprint density at radius 3 is 2.46 bits per heavy atom. The Kier molecular flexibility index (Phi) is 3.36. The molecule has 2 nitrogen and oxygen atoms in total. The second-order valence-electron chi connectivity index (χ2n) is 5.09. The van der Waals surface area contributed by atoms with Crippen LogP contribution in [0.2, 0.25) is 0 Å². The van der Waals surface area contributed by atoms with Crippen molar-refractivity contribution in [2.24, 2.45) is 5.41 Å². The van der Waals surface area contributed by atoms with Gasteiger partial charge >= 0.3 is 0 Å². The molecule has 0 spiro atoms. The maximum atomic E-state index is 3.62. The van der Waals surface area contributed by atoms with Crippen molar-refractivity contribution in [2.75, 3.05) is 20.6 Å². The molecule has 0 aromatic heterocycles. The lowest BCUT2D eigenvalue weighted by Gasteiger charge is -2.34. The number of nitrogens with zero attached hydrogens (tertiary/aromatic N) is 1. The summed E-state index contributed by atoms with van der Waals surface area (Å²) in [5, 5.41) is 3.62. The van der Waals surface area contributed by atoms with Crippen LogP contribution in [0, 0.1) is 5.41 Å². The van der Waals surface area contributed by atoms with E-state index in [-0.39, 0.29) is 0 Å². The molecule has 78 valence electrons. The van der Waals surface area contributed by atoms with E-state index in [0.717, 1.165) is 12.6 Å². The van der Waals surface area contributed by atoms with Gasteiger partial charge in [0, 0.05) is 12.1 Å². The van der Waals surface area contributed by atoms with E-state index >= 15 is 0 Å². The maximum Gasteiger partial charge on any atom is 0.0274 e. The molecule has 0 saturated heterocycles. The zero-order valence-electron chi connectivity index (χ0n) is 9.72. The summed E-state index contributed by atoms with van der Waals surface area (Å²) in [5.74, 6) is 0. The van der Waals surface area contributed by atoms with Crippen LogP contribution in [0.3, 0.4) is 0 Å². The molecule has 2 heteroatoms. The molecule has 0 aromatic rings. The summed E-state index contributed by atoms with van der Waals surface area (Å²) in [6.45, 7) is 8.03. The molecule has 0 radical (unpaired) electrons. The van der Waals surface area contributed by atoms with Crippen LogP contribution >= 0.6 is 0 Å². The van der Waals surface area contributed by atoms with Crippen molar-refractivity contribution >= 4 is 0 Å². The van der Waals surface area contributed by atoms with Gasteiger partial charge in [0.25, 0.3) is 0 Å². The van der Waals surface area contributed by atoms with Crippen molar-refractivity contribution < 1.29 is 0 Å². The SMILES string of the molecule is CCNC1C(N(C)C)CCC1(C)C. The Labute approximate surface area is 82.7 Å². The third kappa shape index (κ3) is 2.23. The van der Waals surface area contributed by atoms with Crippen LogP contribution in [0.15, 0.2) is 0 Å². The van der Waals surface area contributed by atoms with E-state index in [1.165, 1.54) is 12.8 Å². The maximum absolute atomic E-state index is 3.62. The number of rotatable bonds is 3. The molecule has 1 fully saturated rings. The van der Waals surface area contributed by atoms with E-state index in [1.807, 2.05) is 0 Å². The predicted molar refractivity (Wildman–Crippen MR) is 58.0 cm³/mol. The van der Waals surface area contributed by atoms with Crippen LogP contribution in [-0.2, 0) is 0 Å². The molecule has 0 heterocycles. The van der Waals surface area contributed by atoms with Gasteiger partial charge in [-0.25, -0.2) is 0 Å². The second kappa shape index (κ2) is 3.97. The Hall–Kier alpha value is -0.0800. The van der Waals surface area contributed by atoms with Crippen molar-refractivity contribution in [1.29, 1.82) is 0 Å². The van der Waals surface area contributed by atoms with Gasteiger partial charge in [-0.2, -0.15) is 0 Å². The first-order chi connectivity index (χ1) is 5.99. The summed E-state index contributed by atoms with van der Waals surface area (Å²) in [7, 11) is 4.38. The highest BCUT2D eigenvalue weighted by Crippen LogP contribution is 2.39. The lowest BCUT2D eigenvalue weighted by atomic mass is 9.86. The molecule has 1 aliphatic rings. The third-order valence-corrected chi connectivity index (χ3v) is 3.40. The fraction of sp³-hybridized carbons (Fsp3) is 1.00. The molecule has 13 heavy (non-hydrogen) atoms. The van der Waals surface area contributed by atoms with E-state index in [9.17, 15) is 0 Å². The smallest absolute Gasteiger partial charge is 0.0274 e. The van der Waals surface area contributed by atoms with E-state index in [4.69, 9.17) is 0 Å². The first-order valence-corrected chi connectivity index (χ1v) is 5.39. The molecular formula is C11H24N2. The fourth-order valence-electron chi connectivity index (χ4n) is 2.55. The lowest BCUT2D eigenvalue weighted by Crippen LogP contribution is -2.49. The summed E-state index contributed by atoms with van der Waals surface area (Å²) in [4.78, 5) is 2.36. The number of nitrogens with one attached hydrogen (secondary N) is 1. The highest BCUT2D eigenvalue weighted by Gasteiger charge is 2.41. The molecule has 1 N–H and O–H groups in total. The van der Waals surface area contributed by atoms with Gasteiger partial charge in [0.05, 0.1) is 0 Å². The normalized spacial score (nSPS) is 32.8. The van der Waals surface area contributed by atoms with Crippen molar-refractivity contribution in [2.45, 2.75) is 45.7 Å². The highest BCUT2D eigenvalue weighted by atomic mass is 15.2. The van der Waals surface area contributed by atoms with Crippen molar-refractivity contribution in [3.05, 3.63) is 0 Å². The zero-order chi connectivity index (χ0) is 10.1. The molecule has 0 amide bonds.